The highest BCUT2D eigenvalue weighted by Gasteiger charge is 2.38. The normalized spacial score (nSPS) is 20.1. The standard InChI is InChI=1S/C22H22F6O2/c1-2-14-3-5-15(6-4-14)16-7-12-19(20(23)13-16)21(24,25)29-17-8-10-18(11-9-17)30-22(26,27)28/h7-15H,2-6H2,1H3. The molecule has 0 atom stereocenters. The molecule has 0 unspecified atom stereocenters. The summed E-state index contributed by atoms with van der Waals surface area (Å²) in [5.41, 5.74) is -0.237. The fraction of sp³-hybridized carbons (Fsp3) is 0.455. The Bertz CT molecular complexity index is 840. The fourth-order valence-electron chi connectivity index (χ4n) is 3.84. The Hall–Kier alpha value is -2.38. The lowest BCUT2D eigenvalue weighted by atomic mass is 9.78. The van der Waals surface area contributed by atoms with Gasteiger partial charge in [-0.05, 0) is 79.5 Å². The molecule has 0 amide bonds. The molecule has 1 aliphatic carbocycles. The van der Waals surface area contributed by atoms with E-state index < -0.39 is 35.4 Å². The highest BCUT2D eigenvalue weighted by atomic mass is 19.4. The highest BCUT2D eigenvalue weighted by Crippen LogP contribution is 2.39. The number of hydrogen-bond donors (Lipinski definition) is 0. The first-order chi connectivity index (χ1) is 14.1. The van der Waals surface area contributed by atoms with Gasteiger partial charge in [0.25, 0.3) is 0 Å². The van der Waals surface area contributed by atoms with E-state index in [9.17, 15) is 26.3 Å². The average molecular weight is 432 g/mol. The molecule has 2 aromatic rings. The summed E-state index contributed by atoms with van der Waals surface area (Å²) in [7, 11) is 0. The van der Waals surface area contributed by atoms with E-state index in [1.54, 1.807) is 0 Å². The summed E-state index contributed by atoms with van der Waals surface area (Å²) in [6, 6.07) is 7.10. The Kier molecular flexibility index (Phi) is 6.53. The van der Waals surface area contributed by atoms with Gasteiger partial charge < -0.3 is 9.47 Å². The summed E-state index contributed by atoms with van der Waals surface area (Å²) < 4.78 is 88.2. The Labute approximate surface area is 170 Å². The van der Waals surface area contributed by atoms with Gasteiger partial charge >= 0.3 is 12.5 Å². The molecule has 8 heteroatoms. The minimum atomic E-state index is -4.90. The maximum absolute atomic E-state index is 14.5. The molecular formula is C22H22F6O2. The molecule has 1 fully saturated rings. The predicted molar refractivity (Wildman–Crippen MR) is 99.0 cm³/mol. The van der Waals surface area contributed by atoms with Gasteiger partial charge in [-0.1, -0.05) is 19.4 Å². The molecular weight excluding hydrogens is 410 g/mol. The molecule has 0 aliphatic heterocycles. The SMILES string of the molecule is CCC1CCC(c2ccc(C(F)(F)Oc3ccc(OC(F)(F)F)cc3)c(F)c2)CC1. The molecule has 164 valence electrons. The van der Waals surface area contributed by atoms with Crippen molar-refractivity contribution in [2.24, 2.45) is 5.92 Å². The molecule has 0 heterocycles. The van der Waals surface area contributed by atoms with E-state index in [1.807, 2.05) is 0 Å². The van der Waals surface area contributed by atoms with E-state index in [4.69, 9.17) is 0 Å². The van der Waals surface area contributed by atoms with Crippen molar-refractivity contribution in [1.29, 1.82) is 0 Å². The first-order valence-electron chi connectivity index (χ1n) is 9.80. The van der Waals surface area contributed by atoms with E-state index in [1.165, 1.54) is 6.07 Å². The van der Waals surface area contributed by atoms with Crippen molar-refractivity contribution < 1.29 is 35.8 Å². The Morgan fingerprint density at radius 2 is 1.40 bits per heavy atom. The van der Waals surface area contributed by atoms with Crippen molar-refractivity contribution in [2.45, 2.75) is 57.4 Å². The average Bonchev–Trinajstić information content (AvgIpc) is 2.68. The Morgan fingerprint density at radius 3 is 1.90 bits per heavy atom. The lowest BCUT2D eigenvalue weighted by Crippen LogP contribution is -2.24. The van der Waals surface area contributed by atoms with Gasteiger partial charge in [0.15, 0.2) is 0 Å². The molecule has 0 saturated heterocycles. The molecule has 0 bridgehead atoms. The summed E-state index contributed by atoms with van der Waals surface area (Å²) in [5, 5.41) is 0. The van der Waals surface area contributed by atoms with E-state index in [-0.39, 0.29) is 5.92 Å². The van der Waals surface area contributed by atoms with Crippen LogP contribution in [0.2, 0.25) is 0 Å². The second-order valence-electron chi connectivity index (χ2n) is 7.50. The molecule has 1 saturated carbocycles. The van der Waals surface area contributed by atoms with Crippen LogP contribution < -0.4 is 9.47 Å². The summed E-state index contributed by atoms with van der Waals surface area (Å²) in [6.07, 6.45) is -3.91. The minimum Gasteiger partial charge on any atom is -0.429 e. The van der Waals surface area contributed by atoms with Crippen LogP contribution in [-0.4, -0.2) is 6.36 Å². The smallest absolute Gasteiger partial charge is 0.429 e. The van der Waals surface area contributed by atoms with Crippen LogP contribution in [0.4, 0.5) is 26.3 Å². The number of hydrogen-bond acceptors (Lipinski definition) is 2. The van der Waals surface area contributed by atoms with Gasteiger partial charge in [0.2, 0.25) is 0 Å². The van der Waals surface area contributed by atoms with E-state index in [0.717, 1.165) is 68.5 Å². The van der Waals surface area contributed by atoms with Crippen molar-refractivity contribution in [3.63, 3.8) is 0 Å². The third-order valence-electron chi connectivity index (χ3n) is 5.51. The monoisotopic (exact) mass is 432 g/mol. The van der Waals surface area contributed by atoms with Crippen molar-refractivity contribution in [3.05, 3.63) is 59.4 Å². The summed E-state index contributed by atoms with van der Waals surface area (Å²) in [5.74, 6) is -1.27. The third kappa shape index (κ3) is 5.61. The number of ether oxygens (including phenoxy) is 2. The number of rotatable bonds is 6. The topological polar surface area (TPSA) is 18.5 Å². The van der Waals surface area contributed by atoms with E-state index >= 15 is 0 Å². The zero-order chi connectivity index (χ0) is 21.9. The zero-order valence-electron chi connectivity index (χ0n) is 16.3. The van der Waals surface area contributed by atoms with Crippen LogP contribution in [0.1, 0.15) is 56.1 Å². The quantitative estimate of drug-likeness (QED) is 0.439. The first kappa shape index (κ1) is 22.3. The lowest BCUT2D eigenvalue weighted by molar-refractivity contribution is -0.274. The number of alkyl halides is 5. The maximum atomic E-state index is 14.5. The van der Waals surface area contributed by atoms with Gasteiger partial charge in [-0.25, -0.2) is 4.39 Å². The van der Waals surface area contributed by atoms with Crippen LogP contribution in [0.3, 0.4) is 0 Å². The van der Waals surface area contributed by atoms with Crippen LogP contribution in [0.25, 0.3) is 0 Å². The summed E-state index contributed by atoms with van der Waals surface area (Å²) in [6.45, 7) is 2.14. The summed E-state index contributed by atoms with van der Waals surface area (Å²) in [4.78, 5) is 0. The van der Waals surface area contributed by atoms with Gasteiger partial charge in [0, 0.05) is 0 Å². The Morgan fingerprint density at radius 1 is 0.833 bits per heavy atom. The van der Waals surface area contributed by atoms with Gasteiger partial charge in [0.05, 0.1) is 5.56 Å². The minimum absolute atomic E-state index is 0.145. The van der Waals surface area contributed by atoms with Gasteiger partial charge in [-0.15, -0.1) is 13.2 Å². The fourth-order valence-corrected chi connectivity index (χ4v) is 3.84. The largest absolute Gasteiger partial charge is 0.573 e. The van der Waals surface area contributed by atoms with Crippen LogP contribution >= 0.6 is 0 Å². The molecule has 0 spiro atoms. The molecule has 1 aliphatic rings. The second kappa shape index (κ2) is 8.78. The molecule has 0 aromatic heterocycles. The van der Waals surface area contributed by atoms with Crippen molar-refractivity contribution >= 4 is 0 Å². The number of benzene rings is 2. The van der Waals surface area contributed by atoms with Gasteiger partial charge in [0.1, 0.15) is 17.3 Å². The van der Waals surface area contributed by atoms with Crippen LogP contribution in [0.5, 0.6) is 11.5 Å². The molecule has 30 heavy (non-hydrogen) atoms. The Balaban J connectivity index is 1.70. The molecule has 2 aromatic carbocycles. The molecule has 0 radical (unpaired) electrons. The number of halogens is 6. The van der Waals surface area contributed by atoms with Crippen LogP contribution in [0, 0.1) is 11.7 Å². The first-order valence-corrected chi connectivity index (χ1v) is 9.80. The third-order valence-corrected chi connectivity index (χ3v) is 5.51. The molecule has 0 N–H and O–H groups in total. The van der Waals surface area contributed by atoms with E-state index in [2.05, 4.69) is 16.4 Å². The van der Waals surface area contributed by atoms with Gasteiger partial charge in [-0.2, -0.15) is 8.78 Å². The molecule has 3 rings (SSSR count). The highest BCUT2D eigenvalue weighted by molar-refractivity contribution is 5.34. The second-order valence-corrected chi connectivity index (χ2v) is 7.50. The maximum Gasteiger partial charge on any atom is 0.573 e. The zero-order valence-corrected chi connectivity index (χ0v) is 16.3. The van der Waals surface area contributed by atoms with Crippen molar-refractivity contribution in [1.82, 2.24) is 0 Å². The summed E-state index contributed by atoms with van der Waals surface area (Å²) >= 11 is 0. The predicted octanol–water partition coefficient (Wildman–Crippen LogP) is 7.54. The lowest BCUT2D eigenvalue weighted by Gasteiger charge is -2.28. The van der Waals surface area contributed by atoms with Gasteiger partial charge in [-0.3, -0.25) is 0 Å². The van der Waals surface area contributed by atoms with E-state index in [0.29, 0.717) is 11.5 Å². The molecule has 2 nitrogen and oxygen atoms in total. The van der Waals surface area contributed by atoms with Crippen LogP contribution in [-0.2, 0) is 6.11 Å². The van der Waals surface area contributed by atoms with Crippen molar-refractivity contribution in [2.75, 3.05) is 0 Å². The van der Waals surface area contributed by atoms with Crippen molar-refractivity contribution in [3.8, 4) is 11.5 Å². The van der Waals surface area contributed by atoms with Crippen LogP contribution in [0.15, 0.2) is 42.5 Å².